The van der Waals surface area contributed by atoms with Crippen molar-refractivity contribution in [1.29, 1.82) is 0 Å². The van der Waals surface area contributed by atoms with E-state index in [9.17, 15) is 0 Å². The zero-order valence-electron chi connectivity index (χ0n) is 27.7. The van der Waals surface area contributed by atoms with E-state index in [4.69, 9.17) is 4.74 Å². The molecule has 0 aromatic heterocycles. The second-order valence-corrected chi connectivity index (χ2v) is 14.1. The van der Waals surface area contributed by atoms with Crippen LogP contribution in [-0.4, -0.2) is 0 Å². The maximum atomic E-state index is 6.60. The number of hydrogen-bond donors (Lipinski definition) is 0. The quantitative estimate of drug-likeness (QED) is 0.183. The highest BCUT2D eigenvalue weighted by molar-refractivity contribution is 6.04. The number of hydrogen-bond acceptors (Lipinski definition) is 1. The van der Waals surface area contributed by atoms with E-state index >= 15 is 0 Å². The van der Waals surface area contributed by atoms with E-state index in [0.29, 0.717) is 0 Å². The average molecular weight is 637 g/mol. The van der Waals surface area contributed by atoms with Gasteiger partial charge in [-0.2, -0.15) is 0 Å². The van der Waals surface area contributed by atoms with Gasteiger partial charge in [-0.1, -0.05) is 152 Å². The third-order valence-electron chi connectivity index (χ3n) is 11.8. The lowest BCUT2D eigenvalue weighted by Crippen LogP contribution is -2.29. The molecule has 8 aromatic rings. The highest BCUT2D eigenvalue weighted by atomic mass is 16.5. The Kier molecular flexibility index (Phi) is 5.51. The summed E-state index contributed by atoms with van der Waals surface area (Å²) in [5.41, 5.74) is 16.0. The Morgan fingerprint density at radius 1 is 0.400 bits per heavy atom. The Bertz CT molecular complexity index is 2690. The van der Waals surface area contributed by atoms with E-state index in [0.717, 1.165) is 11.5 Å². The Morgan fingerprint density at radius 2 is 0.960 bits per heavy atom. The van der Waals surface area contributed by atoms with Crippen molar-refractivity contribution >= 4 is 10.8 Å². The molecule has 50 heavy (non-hydrogen) atoms. The van der Waals surface area contributed by atoms with Crippen LogP contribution < -0.4 is 4.74 Å². The van der Waals surface area contributed by atoms with E-state index in [-0.39, 0.29) is 5.41 Å². The molecule has 1 nitrogen and oxygen atoms in total. The van der Waals surface area contributed by atoms with Crippen LogP contribution in [0.15, 0.2) is 176 Å². The van der Waals surface area contributed by atoms with E-state index in [1.165, 1.54) is 83.1 Å². The topological polar surface area (TPSA) is 9.23 Å². The molecule has 0 saturated heterocycles. The summed E-state index contributed by atoms with van der Waals surface area (Å²) in [6, 6.07) is 65.0. The SMILES string of the molecule is CC1(c2ccccc2)c2ccccc2Oc2ccc(-c3ccc4c(c3)C3(c5ccccc5-4)c4ccccc4-c4ccc5ccccc5c43)cc21. The van der Waals surface area contributed by atoms with Gasteiger partial charge in [-0.25, -0.2) is 0 Å². The number of fused-ring (bicyclic) bond motifs is 14. The molecule has 8 aromatic carbocycles. The maximum Gasteiger partial charge on any atom is 0.131 e. The second-order valence-electron chi connectivity index (χ2n) is 14.1. The van der Waals surface area contributed by atoms with Gasteiger partial charge < -0.3 is 4.74 Å². The molecule has 234 valence electrons. The summed E-state index contributed by atoms with van der Waals surface area (Å²) in [5, 5.41) is 2.59. The molecule has 11 rings (SSSR count). The van der Waals surface area contributed by atoms with Crippen LogP contribution in [0.1, 0.15) is 45.9 Å². The second kappa shape index (κ2) is 9.94. The Hall–Kier alpha value is -6.18. The lowest BCUT2D eigenvalue weighted by atomic mass is 9.68. The summed E-state index contributed by atoms with van der Waals surface area (Å²) in [6.45, 7) is 2.35. The molecule has 3 aliphatic rings. The normalized spacial score (nSPS) is 18.8. The molecule has 0 amide bonds. The number of ether oxygens (including phenoxy) is 1. The molecule has 0 saturated carbocycles. The van der Waals surface area contributed by atoms with Gasteiger partial charge in [-0.15, -0.1) is 0 Å². The van der Waals surface area contributed by atoms with Gasteiger partial charge in [0.05, 0.1) is 5.41 Å². The van der Waals surface area contributed by atoms with Gasteiger partial charge in [-0.05, 0) is 103 Å². The Balaban J connectivity index is 1.18. The smallest absolute Gasteiger partial charge is 0.131 e. The highest BCUT2D eigenvalue weighted by Crippen LogP contribution is 2.64. The van der Waals surface area contributed by atoms with E-state index in [1.54, 1.807) is 0 Å². The molecule has 2 aliphatic carbocycles. The molecule has 1 spiro atoms. The largest absolute Gasteiger partial charge is 0.457 e. The van der Waals surface area contributed by atoms with Crippen LogP contribution in [-0.2, 0) is 10.8 Å². The van der Waals surface area contributed by atoms with Crippen LogP contribution in [0.4, 0.5) is 0 Å². The molecule has 1 heterocycles. The lowest BCUT2D eigenvalue weighted by molar-refractivity contribution is 0.427. The van der Waals surface area contributed by atoms with Gasteiger partial charge in [-0.3, -0.25) is 0 Å². The molecular weight excluding hydrogens is 605 g/mol. The van der Waals surface area contributed by atoms with Gasteiger partial charge in [0.25, 0.3) is 0 Å². The monoisotopic (exact) mass is 636 g/mol. The number of benzene rings is 8. The van der Waals surface area contributed by atoms with Crippen LogP contribution >= 0.6 is 0 Å². The minimum atomic E-state index is -0.427. The third kappa shape index (κ3) is 3.42. The minimum Gasteiger partial charge on any atom is -0.457 e. The van der Waals surface area contributed by atoms with Crippen LogP contribution in [0.25, 0.3) is 44.2 Å². The summed E-state index contributed by atoms with van der Waals surface area (Å²) in [6.07, 6.45) is 0. The van der Waals surface area contributed by atoms with Crippen LogP contribution in [0.3, 0.4) is 0 Å². The first kappa shape index (κ1) is 27.7. The van der Waals surface area contributed by atoms with Gasteiger partial charge in [0, 0.05) is 16.5 Å². The molecular formula is C49H32O. The summed E-state index contributed by atoms with van der Waals surface area (Å²) >= 11 is 0. The molecule has 2 unspecified atom stereocenters. The van der Waals surface area contributed by atoms with E-state index < -0.39 is 5.41 Å². The van der Waals surface area contributed by atoms with Crippen molar-refractivity contribution in [3.05, 3.63) is 215 Å². The zero-order valence-corrected chi connectivity index (χ0v) is 27.7. The van der Waals surface area contributed by atoms with Crippen molar-refractivity contribution < 1.29 is 4.74 Å². The Morgan fingerprint density at radius 3 is 1.76 bits per heavy atom. The van der Waals surface area contributed by atoms with Crippen molar-refractivity contribution in [3.8, 4) is 44.9 Å². The highest BCUT2D eigenvalue weighted by Gasteiger charge is 2.52. The molecule has 1 heteroatoms. The summed E-state index contributed by atoms with van der Waals surface area (Å²) < 4.78 is 6.60. The predicted molar refractivity (Wildman–Crippen MR) is 204 cm³/mol. The molecule has 0 N–H and O–H groups in total. The van der Waals surface area contributed by atoms with Gasteiger partial charge in [0.1, 0.15) is 11.5 Å². The van der Waals surface area contributed by atoms with Crippen LogP contribution in [0, 0.1) is 0 Å². The third-order valence-corrected chi connectivity index (χ3v) is 11.8. The van der Waals surface area contributed by atoms with Gasteiger partial charge >= 0.3 is 0 Å². The minimum absolute atomic E-state index is 0.377. The van der Waals surface area contributed by atoms with Crippen molar-refractivity contribution in [1.82, 2.24) is 0 Å². The molecule has 2 atom stereocenters. The fourth-order valence-electron chi connectivity index (χ4n) is 9.60. The number of para-hydroxylation sites is 1. The van der Waals surface area contributed by atoms with Crippen molar-refractivity contribution in [2.75, 3.05) is 0 Å². The summed E-state index contributed by atoms with van der Waals surface area (Å²) in [4.78, 5) is 0. The molecule has 1 aliphatic heterocycles. The van der Waals surface area contributed by atoms with E-state index in [2.05, 4.69) is 183 Å². The maximum absolute atomic E-state index is 6.60. The first-order valence-corrected chi connectivity index (χ1v) is 17.5. The fourth-order valence-corrected chi connectivity index (χ4v) is 9.60. The molecule has 0 radical (unpaired) electrons. The average Bonchev–Trinajstić information content (AvgIpc) is 3.65. The lowest BCUT2D eigenvalue weighted by Gasteiger charge is -2.38. The number of rotatable bonds is 2. The standard InChI is InChI=1S/C49H32O/c1-48(34-14-3-2-4-15-34)42-21-11-12-22-45(42)50-46-28-25-33(30-44(46)48)32-24-26-38-36-17-7-9-19-40(36)49(43(38)29-32)41-20-10-8-18-37(41)39-27-23-31-13-5-6-16-35(31)47(39)49/h2-30H,1H3. The predicted octanol–water partition coefficient (Wildman–Crippen LogP) is 12.3. The van der Waals surface area contributed by atoms with Gasteiger partial charge in [0.2, 0.25) is 0 Å². The first-order valence-electron chi connectivity index (χ1n) is 17.5. The summed E-state index contributed by atoms with van der Waals surface area (Å²) in [5.74, 6) is 1.83. The van der Waals surface area contributed by atoms with Crippen molar-refractivity contribution in [2.24, 2.45) is 0 Å². The van der Waals surface area contributed by atoms with Crippen LogP contribution in [0.2, 0.25) is 0 Å². The molecule has 0 bridgehead atoms. The van der Waals surface area contributed by atoms with Gasteiger partial charge in [0.15, 0.2) is 0 Å². The summed E-state index contributed by atoms with van der Waals surface area (Å²) in [7, 11) is 0. The first-order chi connectivity index (χ1) is 24.7. The van der Waals surface area contributed by atoms with Crippen molar-refractivity contribution in [2.45, 2.75) is 17.8 Å². The van der Waals surface area contributed by atoms with Crippen molar-refractivity contribution in [3.63, 3.8) is 0 Å². The van der Waals surface area contributed by atoms with E-state index in [1.807, 2.05) is 0 Å². The fraction of sp³-hybridized carbons (Fsp3) is 0.0612. The molecule has 0 fully saturated rings. The van der Waals surface area contributed by atoms with Crippen LogP contribution in [0.5, 0.6) is 11.5 Å². The Labute approximate surface area is 292 Å². The zero-order chi connectivity index (χ0) is 33.0.